The first-order valence-electron chi connectivity index (χ1n) is 8.88. The maximum atomic E-state index is 12.6. The zero-order valence-electron chi connectivity index (χ0n) is 15.7. The maximum Gasteiger partial charge on any atom is 0.410 e. The number of anilines is 1. The number of aryl methyl sites for hydroxylation is 1. The minimum absolute atomic E-state index is 0.0598. The van der Waals surface area contributed by atoms with Crippen molar-refractivity contribution < 1.29 is 18.7 Å². The lowest BCUT2D eigenvalue weighted by molar-refractivity contribution is -0.121. The van der Waals surface area contributed by atoms with Crippen LogP contribution in [0.15, 0.2) is 22.6 Å². The Hall–Kier alpha value is -2.57. The summed E-state index contributed by atoms with van der Waals surface area (Å²) in [6.07, 6.45) is 0.894. The Labute approximate surface area is 152 Å². The molecule has 0 aliphatic carbocycles. The second-order valence-corrected chi connectivity index (χ2v) is 7.62. The van der Waals surface area contributed by atoms with Gasteiger partial charge < -0.3 is 19.4 Å². The lowest BCUT2D eigenvalue weighted by Crippen LogP contribution is -2.43. The fourth-order valence-corrected chi connectivity index (χ4v) is 3.04. The topological polar surface area (TPSA) is 84.7 Å². The van der Waals surface area contributed by atoms with Crippen molar-refractivity contribution in [2.45, 2.75) is 46.1 Å². The van der Waals surface area contributed by atoms with Crippen LogP contribution < -0.4 is 5.32 Å². The SMILES string of the molecule is Cc1nc2cccc(NC(=O)C3CCN(C(=O)OC(C)(C)C)CC3)c2o1. The van der Waals surface area contributed by atoms with Crippen LogP contribution in [0.25, 0.3) is 11.1 Å². The fourth-order valence-electron chi connectivity index (χ4n) is 3.04. The average molecular weight is 359 g/mol. The standard InChI is InChI=1S/C19H25N3O4/c1-12-20-14-6-5-7-15(16(14)25-12)21-17(23)13-8-10-22(11-9-13)18(24)26-19(2,3)4/h5-7,13H,8-11H2,1-4H3,(H,21,23). The lowest BCUT2D eigenvalue weighted by Gasteiger charge is -2.32. The Morgan fingerprint density at radius 3 is 2.62 bits per heavy atom. The van der Waals surface area contributed by atoms with Crippen molar-refractivity contribution in [3.05, 3.63) is 24.1 Å². The third-order valence-corrected chi connectivity index (χ3v) is 4.30. The van der Waals surface area contributed by atoms with Gasteiger partial charge in [-0.1, -0.05) is 6.07 Å². The molecule has 1 aliphatic heterocycles. The molecule has 7 heteroatoms. The van der Waals surface area contributed by atoms with Gasteiger partial charge in [-0.3, -0.25) is 4.79 Å². The summed E-state index contributed by atoms with van der Waals surface area (Å²) in [6, 6.07) is 5.49. The van der Waals surface area contributed by atoms with Gasteiger partial charge in [0.05, 0.1) is 5.69 Å². The first-order valence-corrected chi connectivity index (χ1v) is 8.88. The molecule has 26 heavy (non-hydrogen) atoms. The molecule has 140 valence electrons. The van der Waals surface area contributed by atoms with Gasteiger partial charge in [-0.05, 0) is 45.7 Å². The number of nitrogens with zero attached hydrogens (tertiary/aromatic N) is 2. The molecule has 2 amide bonds. The largest absolute Gasteiger partial charge is 0.444 e. The maximum absolute atomic E-state index is 12.6. The number of carbonyl (C=O) groups excluding carboxylic acids is 2. The number of benzene rings is 1. The van der Waals surface area contributed by atoms with Crippen LogP contribution in [0.4, 0.5) is 10.5 Å². The second kappa shape index (κ2) is 6.97. The Balaban J connectivity index is 1.59. The predicted octanol–water partition coefficient (Wildman–Crippen LogP) is 3.72. The van der Waals surface area contributed by atoms with Crippen molar-refractivity contribution in [2.24, 2.45) is 5.92 Å². The zero-order chi connectivity index (χ0) is 18.9. The van der Waals surface area contributed by atoms with Gasteiger partial charge in [0, 0.05) is 25.9 Å². The summed E-state index contributed by atoms with van der Waals surface area (Å²) >= 11 is 0. The molecule has 0 saturated carbocycles. The number of amides is 2. The Bertz CT molecular complexity index is 814. The van der Waals surface area contributed by atoms with Crippen LogP contribution in [0.1, 0.15) is 39.5 Å². The number of ether oxygens (including phenoxy) is 1. The van der Waals surface area contributed by atoms with Crippen LogP contribution in [-0.4, -0.2) is 40.6 Å². The molecule has 0 atom stereocenters. The van der Waals surface area contributed by atoms with Crippen molar-refractivity contribution in [3.8, 4) is 0 Å². The summed E-state index contributed by atoms with van der Waals surface area (Å²) in [5.41, 5.74) is 1.42. The van der Waals surface area contributed by atoms with E-state index in [-0.39, 0.29) is 17.9 Å². The molecular weight excluding hydrogens is 334 g/mol. The Morgan fingerprint density at radius 2 is 1.96 bits per heavy atom. The van der Waals surface area contributed by atoms with Crippen molar-refractivity contribution >= 4 is 28.8 Å². The monoisotopic (exact) mass is 359 g/mol. The lowest BCUT2D eigenvalue weighted by atomic mass is 9.96. The first kappa shape index (κ1) is 18.2. The number of fused-ring (bicyclic) bond motifs is 1. The van der Waals surface area contributed by atoms with Gasteiger partial charge in [0.1, 0.15) is 11.1 Å². The highest BCUT2D eigenvalue weighted by molar-refractivity contribution is 5.99. The van der Waals surface area contributed by atoms with Crippen LogP contribution in [0.5, 0.6) is 0 Å². The van der Waals surface area contributed by atoms with E-state index in [2.05, 4.69) is 10.3 Å². The van der Waals surface area contributed by atoms with E-state index in [4.69, 9.17) is 9.15 Å². The van der Waals surface area contributed by atoms with Gasteiger partial charge in [0.2, 0.25) is 5.91 Å². The van der Waals surface area contributed by atoms with E-state index < -0.39 is 5.60 Å². The van der Waals surface area contributed by atoms with Gasteiger partial charge in [0.15, 0.2) is 11.5 Å². The molecule has 3 rings (SSSR count). The molecule has 1 aromatic carbocycles. The number of rotatable bonds is 2. The summed E-state index contributed by atoms with van der Waals surface area (Å²) in [5, 5.41) is 2.94. The summed E-state index contributed by atoms with van der Waals surface area (Å²) in [6.45, 7) is 8.33. The van der Waals surface area contributed by atoms with E-state index in [0.29, 0.717) is 43.1 Å². The van der Waals surface area contributed by atoms with Crippen molar-refractivity contribution in [1.82, 2.24) is 9.88 Å². The second-order valence-electron chi connectivity index (χ2n) is 7.62. The molecule has 1 N–H and O–H groups in total. The molecule has 1 saturated heterocycles. The molecule has 1 aromatic heterocycles. The fraction of sp³-hybridized carbons (Fsp3) is 0.526. The smallest absolute Gasteiger partial charge is 0.410 e. The number of piperidine rings is 1. The first-order chi connectivity index (χ1) is 12.2. The van der Waals surface area contributed by atoms with Crippen LogP contribution in [0, 0.1) is 12.8 Å². The van der Waals surface area contributed by atoms with E-state index in [1.807, 2.05) is 32.9 Å². The minimum Gasteiger partial charge on any atom is -0.444 e. The molecule has 0 spiro atoms. The predicted molar refractivity (Wildman–Crippen MR) is 97.9 cm³/mol. The van der Waals surface area contributed by atoms with E-state index in [9.17, 15) is 9.59 Å². The molecule has 1 aliphatic rings. The molecule has 0 unspecified atom stereocenters. The summed E-state index contributed by atoms with van der Waals surface area (Å²) in [7, 11) is 0. The van der Waals surface area contributed by atoms with Crippen LogP contribution in [0.3, 0.4) is 0 Å². The number of hydrogen-bond acceptors (Lipinski definition) is 5. The van der Waals surface area contributed by atoms with Crippen LogP contribution in [0.2, 0.25) is 0 Å². The number of nitrogens with one attached hydrogen (secondary N) is 1. The third kappa shape index (κ3) is 4.15. The quantitative estimate of drug-likeness (QED) is 0.883. The van der Waals surface area contributed by atoms with E-state index in [0.717, 1.165) is 5.52 Å². The molecule has 1 fully saturated rings. The number of hydrogen-bond donors (Lipinski definition) is 1. The number of likely N-dealkylation sites (tertiary alicyclic amines) is 1. The number of aromatic nitrogens is 1. The van der Waals surface area contributed by atoms with Crippen LogP contribution >= 0.6 is 0 Å². The minimum atomic E-state index is -0.515. The van der Waals surface area contributed by atoms with E-state index >= 15 is 0 Å². The molecule has 7 nitrogen and oxygen atoms in total. The van der Waals surface area contributed by atoms with Gasteiger partial charge in [0.25, 0.3) is 0 Å². The van der Waals surface area contributed by atoms with E-state index in [1.165, 1.54) is 0 Å². The number of para-hydroxylation sites is 1. The number of oxazole rings is 1. The zero-order valence-corrected chi connectivity index (χ0v) is 15.7. The van der Waals surface area contributed by atoms with Gasteiger partial charge >= 0.3 is 6.09 Å². The molecule has 2 aromatic rings. The summed E-state index contributed by atoms with van der Waals surface area (Å²) in [4.78, 5) is 30.7. The van der Waals surface area contributed by atoms with Crippen molar-refractivity contribution in [1.29, 1.82) is 0 Å². The molecule has 0 bridgehead atoms. The van der Waals surface area contributed by atoms with Crippen LogP contribution in [-0.2, 0) is 9.53 Å². The van der Waals surface area contributed by atoms with Gasteiger partial charge in [-0.15, -0.1) is 0 Å². The molecule has 2 heterocycles. The molecule has 0 radical (unpaired) electrons. The highest BCUT2D eigenvalue weighted by Gasteiger charge is 2.30. The normalized spacial score (nSPS) is 15.9. The van der Waals surface area contributed by atoms with Crippen molar-refractivity contribution in [2.75, 3.05) is 18.4 Å². The summed E-state index contributed by atoms with van der Waals surface area (Å²) in [5.74, 6) is 0.357. The third-order valence-electron chi connectivity index (χ3n) is 4.30. The van der Waals surface area contributed by atoms with Gasteiger partial charge in [-0.2, -0.15) is 0 Å². The Morgan fingerprint density at radius 1 is 1.27 bits per heavy atom. The number of carbonyl (C=O) groups is 2. The van der Waals surface area contributed by atoms with Gasteiger partial charge in [-0.25, -0.2) is 9.78 Å². The average Bonchev–Trinajstić information content (AvgIpc) is 2.95. The Kier molecular flexibility index (Phi) is 4.89. The van der Waals surface area contributed by atoms with E-state index in [1.54, 1.807) is 17.9 Å². The highest BCUT2D eigenvalue weighted by Crippen LogP contribution is 2.26. The molecular formula is C19H25N3O4. The summed E-state index contributed by atoms with van der Waals surface area (Å²) < 4.78 is 11.0. The van der Waals surface area contributed by atoms with Crippen molar-refractivity contribution in [3.63, 3.8) is 0 Å². The highest BCUT2D eigenvalue weighted by atomic mass is 16.6.